The molecule has 0 aliphatic heterocycles. The summed E-state index contributed by atoms with van der Waals surface area (Å²) in [5.74, 6) is 0.867. The van der Waals surface area contributed by atoms with Gasteiger partial charge in [-0.2, -0.15) is 4.98 Å². The van der Waals surface area contributed by atoms with E-state index in [2.05, 4.69) is 10.3 Å². The highest BCUT2D eigenvalue weighted by Crippen LogP contribution is 2.20. The van der Waals surface area contributed by atoms with Crippen molar-refractivity contribution in [1.82, 2.24) is 10.3 Å². The lowest BCUT2D eigenvalue weighted by Gasteiger charge is -2.14. The summed E-state index contributed by atoms with van der Waals surface area (Å²) in [5, 5.41) is 3.43. The molecule has 5 heteroatoms. The normalized spacial score (nSPS) is 14.2. The van der Waals surface area contributed by atoms with Crippen molar-refractivity contribution in [2.75, 3.05) is 19.1 Å². The number of oxazole rings is 1. The highest BCUT2D eigenvalue weighted by molar-refractivity contribution is 5.32. The van der Waals surface area contributed by atoms with E-state index in [0.29, 0.717) is 12.1 Å². The first-order valence-corrected chi connectivity index (χ1v) is 7.26. The molecule has 0 unspecified atom stereocenters. The minimum Gasteiger partial charge on any atom is -0.497 e. The van der Waals surface area contributed by atoms with E-state index in [-0.39, 0.29) is 0 Å². The number of rotatable bonds is 7. The van der Waals surface area contributed by atoms with Crippen molar-refractivity contribution < 1.29 is 9.15 Å². The Balaban J connectivity index is 1.57. The molecule has 3 rings (SSSR count). The minimum absolute atomic E-state index is 0.651. The quantitative estimate of drug-likeness (QED) is 0.848. The number of ether oxygens (including phenoxy) is 1. The van der Waals surface area contributed by atoms with Gasteiger partial charge in [0.25, 0.3) is 6.01 Å². The van der Waals surface area contributed by atoms with Gasteiger partial charge in [-0.3, -0.25) is 0 Å². The molecule has 1 aromatic heterocycles. The Labute approximate surface area is 124 Å². The third kappa shape index (κ3) is 3.76. The van der Waals surface area contributed by atoms with Crippen molar-refractivity contribution in [3.8, 4) is 5.75 Å². The molecule has 0 saturated heterocycles. The van der Waals surface area contributed by atoms with E-state index in [9.17, 15) is 0 Å². The third-order valence-electron chi connectivity index (χ3n) is 3.59. The first-order valence-electron chi connectivity index (χ1n) is 7.26. The predicted octanol–water partition coefficient (Wildman–Crippen LogP) is 2.57. The number of hydrogen-bond donors (Lipinski definition) is 1. The SMILES string of the molecule is COc1ccc(CN(C)c2nc(CNC3CC3)co2)cc1. The lowest BCUT2D eigenvalue weighted by molar-refractivity contribution is 0.414. The van der Waals surface area contributed by atoms with Gasteiger partial charge in [0.15, 0.2) is 0 Å². The fourth-order valence-electron chi connectivity index (χ4n) is 2.16. The van der Waals surface area contributed by atoms with Crippen molar-refractivity contribution >= 4 is 6.01 Å². The molecule has 0 spiro atoms. The molecule has 0 atom stereocenters. The second kappa shape index (κ2) is 6.18. The second-order valence-corrected chi connectivity index (χ2v) is 5.48. The number of aromatic nitrogens is 1. The molecular formula is C16H21N3O2. The molecule has 0 radical (unpaired) electrons. The summed E-state index contributed by atoms with van der Waals surface area (Å²) < 4.78 is 10.7. The molecule has 1 fully saturated rings. The first kappa shape index (κ1) is 13.9. The first-order chi connectivity index (χ1) is 10.2. The average Bonchev–Trinajstić information content (AvgIpc) is 3.22. The van der Waals surface area contributed by atoms with E-state index in [0.717, 1.165) is 24.5 Å². The topological polar surface area (TPSA) is 50.5 Å². The van der Waals surface area contributed by atoms with E-state index < -0.39 is 0 Å². The van der Waals surface area contributed by atoms with Crippen molar-refractivity contribution in [1.29, 1.82) is 0 Å². The van der Waals surface area contributed by atoms with Gasteiger partial charge < -0.3 is 19.4 Å². The van der Waals surface area contributed by atoms with Gasteiger partial charge in [0.05, 0.1) is 12.8 Å². The van der Waals surface area contributed by atoms with Crippen LogP contribution in [0.1, 0.15) is 24.1 Å². The Morgan fingerprint density at radius 2 is 2.10 bits per heavy atom. The molecule has 1 aromatic carbocycles. The largest absolute Gasteiger partial charge is 0.497 e. The van der Waals surface area contributed by atoms with Crippen LogP contribution in [-0.4, -0.2) is 25.2 Å². The van der Waals surface area contributed by atoms with Gasteiger partial charge in [-0.25, -0.2) is 0 Å². The summed E-state index contributed by atoms with van der Waals surface area (Å²) in [5.41, 5.74) is 2.15. The van der Waals surface area contributed by atoms with Crippen LogP contribution in [0, 0.1) is 0 Å². The zero-order valence-electron chi connectivity index (χ0n) is 12.5. The van der Waals surface area contributed by atoms with Crippen LogP contribution in [0.2, 0.25) is 0 Å². The van der Waals surface area contributed by atoms with Crippen LogP contribution in [0.25, 0.3) is 0 Å². The Bertz CT molecular complexity index is 575. The summed E-state index contributed by atoms with van der Waals surface area (Å²) in [7, 11) is 3.65. The highest BCUT2D eigenvalue weighted by Gasteiger charge is 2.20. The number of nitrogens with zero attached hydrogens (tertiary/aromatic N) is 2. The Kier molecular flexibility index (Phi) is 4.10. The lowest BCUT2D eigenvalue weighted by atomic mass is 10.2. The molecule has 21 heavy (non-hydrogen) atoms. The fourth-order valence-corrected chi connectivity index (χ4v) is 2.16. The smallest absolute Gasteiger partial charge is 0.297 e. The highest BCUT2D eigenvalue weighted by atomic mass is 16.5. The number of nitrogens with one attached hydrogen (secondary N) is 1. The van der Waals surface area contributed by atoms with Gasteiger partial charge in [0.1, 0.15) is 12.0 Å². The molecule has 1 heterocycles. The zero-order valence-corrected chi connectivity index (χ0v) is 12.5. The number of methoxy groups -OCH3 is 1. The van der Waals surface area contributed by atoms with E-state index in [1.165, 1.54) is 18.4 Å². The van der Waals surface area contributed by atoms with E-state index in [1.807, 2.05) is 36.2 Å². The lowest BCUT2D eigenvalue weighted by Crippen LogP contribution is -2.18. The Hall–Kier alpha value is -2.01. The maximum Gasteiger partial charge on any atom is 0.297 e. The van der Waals surface area contributed by atoms with Crippen molar-refractivity contribution in [2.45, 2.75) is 32.0 Å². The Morgan fingerprint density at radius 1 is 1.33 bits per heavy atom. The second-order valence-electron chi connectivity index (χ2n) is 5.48. The van der Waals surface area contributed by atoms with Gasteiger partial charge in [-0.05, 0) is 30.5 Å². The van der Waals surface area contributed by atoms with Crippen LogP contribution < -0.4 is 15.0 Å². The average molecular weight is 287 g/mol. The van der Waals surface area contributed by atoms with Crippen LogP contribution in [-0.2, 0) is 13.1 Å². The predicted molar refractivity (Wildman–Crippen MR) is 81.5 cm³/mol. The summed E-state index contributed by atoms with van der Waals surface area (Å²) in [6.45, 7) is 1.53. The fraction of sp³-hybridized carbons (Fsp3) is 0.438. The number of benzene rings is 1. The molecule has 1 aliphatic rings. The van der Waals surface area contributed by atoms with Crippen LogP contribution in [0.5, 0.6) is 5.75 Å². The van der Waals surface area contributed by atoms with Crippen molar-refractivity contribution in [3.63, 3.8) is 0 Å². The van der Waals surface area contributed by atoms with Gasteiger partial charge in [-0.15, -0.1) is 0 Å². The zero-order chi connectivity index (χ0) is 14.7. The number of anilines is 1. The molecule has 0 bridgehead atoms. The van der Waals surface area contributed by atoms with Gasteiger partial charge in [-0.1, -0.05) is 12.1 Å². The van der Waals surface area contributed by atoms with Gasteiger partial charge >= 0.3 is 0 Å². The molecule has 5 nitrogen and oxygen atoms in total. The monoisotopic (exact) mass is 287 g/mol. The number of hydrogen-bond acceptors (Lipinski definition) is 5. The summed E-state index contributed by atoms with van der Waals surface area (Å²) in [6, 6.07) is 9.36. The van der Waals surface area contributed by atoms with E-state index in [4.69, 9.17) is 9.15 Å². The molecular weight excluding hydrogens is 266 g/mol. The van der Waals surface area contributed by atoms with Crippen LogP contribution >= 0.6 is 0 Å². The van der Waals surface area contributed by atoms with E-state index in [1.54, 1.807) is 13.4 Å². The van der Waals surface area contributed by atoms with Crippen LogP contribution in [0.4, 0.5) is 6.01 Å². The third-order valence-corrected chi connectivity index (χ3v) is 3.59. The standard InChI is InChI=1S/C16H21N3O2/c1-19(10-12-3-7-15(20-2)8-4-12)16-18-14(11-21-16)9-17-13-5-6-13/h3-4,7-8,11,13,17H,5-6,9-10H2,1-2H3. The molecule has 112 valence electrons. The minimum atomic E-state index is 0.651. The molecule has 2 aromatic rings. The van der Waals surface area contributed by atoms with Gasteiger partial charge in [0.2, 0.25) is 0 Å². The van der Waals surface area contributed by atoms with Crippen molar-refractivity contribution in [3.05, 3.63) is 41.8 Å². The maximum atomic E-state index is 5.55. The van der Waals surface area contributed by atoms with Crippen LogP contribution in [0.3, 0.4) is 0 Å². The molecule has 0 amide bonds. The van der Waals surface area contributed by atoms with Gasteiger partial charge in [0, 0.05) is 26.2 Å². The molecule has 1 saturated carbocycles. The Morgan fingerprint density at radius 3 is 2.76 bits per heavy atom. The van der Waals surface area contributed by atoms with E-state index >= 15 is 0 Å². The summed E-state index contributed by atoms with van der Waals surface area (Å²) in [6.07, 6.45) is 4.29. The molecule has 1 N–H and O–H groups in total. The van der Waals surface area contributed by atoms with Crippen molar-refractivity contribution in [2.24, 2.45) is 0 Å². The summed E-state index contributed by atoms with van der Waals surface area (Å²) in [4.78, 5) is 6.51. The molecule has 1 aliphatic carbocycles. The maximum absolute atomic E-state index is 5.55. The van der Waals surface area contributed by atoms with Crippen LogP contribution in [0.15, 0.2) is 34.9 Å². The summed E-state index contributed by atoms with van der Waals surface area (Å²) >= 11 is 0.